The predicted molar refractivity (Wildman–Crippen MR) is 100 cm³/mol. The Morgan fingerprint density at radius 2 is 1.93 bits per heavy atom. The SMILES string of the molecule is Cc1c(F)cc(C(=O)Nc2nc3ccccc3n2C(C)(C)C)cc1[N+](=O)[O-]. The van der Waals surface area contributed by atoms with E-state index in [1.165, 1.54) is 6.92 Å². The number of carbonyl (C=O) groups excluding carboxylic acids is 1. The summed E-state index contributed by atoms with van der Waals surface area (Å²) in [5, 5.41) is 13.8. The lowest BCUT2D eigenvalue weighted by Gasteiger charge is -2.24. The third-order valence-corrected chi connectivity index (χ3v) is 4.23. The number of para-hydroxylation sites is 2. The van der Waals surface area contributed by atoms with Gasteiger partial charge in [0.15, 0.2) is 0 Å². The van der Waals surface area contributed by atoms with Crippen LogP contribution in [0.15, 0.2) is 36.4 Å². The Morgan fingerprint density at radius 3 is 2.56 bits per heavy atom. The Labute approximate surface area is 155 Å². The van der Waals surface area contributed by atoms with Crippen molar-refractivity contribution in [2.24, 2.45) is 0 Å². The fraction of sp³-hybridized carbons (Fsp3) is 0.263. The average Bonchev–Trinajstić information content (AvgIpc) is 2.94. The third kappa shape index (κ3) is 3.38. The van der Waals surface area contributed by atoms with Crippen LogP contribution in [-0.4, -0.2) is 20.4 Å². The van der Waals surface area contributed by atoms with Crippen LogP contribution >= 0.6 is 0 Å². The third-order valence-electron chi connectivity index (χ3n) is 4.23. The largest absolute Gasteiger partial charge is 0.305 e. The standard InChI is InChI=1S/C19H19FN4O3/c1-11-13(20)9-12(10-16(11)24(26)27)17(25)22-18-21-14-7-5-6-8-15(14)23(18)19(2,3)4/h5-10H,1-4H3,(H,21,22,25). The molecule has 1 aromatic heterocycles. The van der Waals surface area contributed by atoms with Crippen molar-refractivity contribution < 1.29 is 14.1 Å². The molecule has 1 heterocycles. The zero-order chi connectivity index (χ0) is 19.9. The molecule has 0 aliphatic rings. The lowest BCUT2D eigenvalue weighted by Crippen LogP contribution is -2.26. The van der Waals surface area contributed by atoms with E-state index in [1.807, 2.05) is 49.6 Å². The quantitative estimate of drug-likeness (QED) is 0.546. The molecule has 0 aliphatic heterocycles. The highest BCUT2D eigenvalue weighted by Crippen LogP contribution is 2.29. The molecule has 3 rings (SSSR count). The van der Waals surface area contributed by atoms with Gasteiger partial charge in [-0.25, -0.2) is 9.37 Å². The number of imidazole rings is 1. The molecule has 8 heteroatoms. The maximum absolute atomic E-state index is 14.0. The number of rotatable bonds is 3. The molecule has 0 saturated heterocycles. The van der Waals surface area contributed by atoms with E-state index in [9.17, 15) is 19.3 Å². The van der Waals surface area contributed by atoms with Crippen molar-refractivity contribution in [2.75, 3.05) is 5.32 Å². The molecule has 0 aliphatic carbocycles. The number of amides is 1. The summed E-state index contributed by atoms with van der Waals surface area (Å²) >= 11 is 0. The topological polar surface area (TPSA) is 90.1 Å². The van der Waals surface area contributed by atoms with E-state index in [0.717, 1.165) is 17.6 Å². The van der Waals surface area contributed by atoms with Crippen molar-refractivity contribution in [3.05, 3.63) is 63.5 Å². The zero-order valence-electron chi connectivity index (χ0n) is 15.4. The summed E-state index contributed by atoms with van der Waals surface area (Å²) in [6.45, 7) is 7.20. The highest BCUT2D eigenvalue weighted by atomic mass is 19.1. The van der Waals surface area contributed by atoms with Gasteiger partial charge in [-0.05, 0) is 45.9 Å². The number of anilines is 1. The number of nitro groups is 1. The minimum atomic E-state index is -0.807. The second-order valence-corrected chi connectivity index (χ2v) is 7.24. The number of aromatic nitrogens is 2. The van der Waals surface area contributed by atoms with Crippen LogP contribution < -0.4 is 5.32 Å². The molecule has 0 unspecified atom stereocenters. The number of hydrogen-bond acceptors (Lipinski definition) is 4. The first-order valence-electron chi connectivity index (χ1n) is 8.33. The fourth-order valence-corrected chi connectivity index (χ4v) is 2.95. The van der Waals surface area contributed by atoms with Crippen LogP contribution in [0.2, 0.25) is 0 Å². The number of fused-ring (bicyclic) bond motifs is 1. The molecule has 1 N–H and O–H groups in total. The van der Waals surface area contributed by atoms with Crippen molar-refractivity contribution >= 4 is 28.6 Å². The maximum atomic E-state index is 14.0. The van der Waals surface area contributed by atoms with Crippen LogP contribution in [0.1, 0.15) is 36.7 Å². The molecule has 0 fully saturated rings. The lowest BCUT2D eigenvalue weighted by atomic mass is 10.1. The number of halogens is 1. The highest BCUT2D eigenvalue weighted by Gasteiger charge is 2.24. The van der Waals surface area contributed by atoms with Gasteiger partial charge < -0.3 is 4.57 Å². The number of carbonyl (C=O) groups is 1. The molecule has 0 radical (unpaired) electrons. The molecule has 7 nitrogen and oxygen atoms in total. The van der Waals surface area contributed by atoms with Gasteiger partial charge in [-0.2, -0.15) is 0 Å². The normalized spacial score (nSPS) is 11.6. The Kier molecular flexibility index (Phi) is 4.43. The Morgan fingerprint density at radius 1 is 1.26 bits per heavy atom. The molecule has 0 saturated carbocycles. The monoisotopic (exact) mass is 370 g/mol. The smallest absolute Gasteiger partial charge is 0.276 e. The van der Waals surface area contributed by atoms with Gasteiger partial charge in [0.25, 0.3) is 11.6 Å². The Hall–Kier alpha value is -3.29. The zero-order valence-corrected chi connectivity index (χ0v) is 15.4. The summed E-state index contributed by atoms with van der Waals surface area (Å²) < 4.78 is 15.9. The summed E-state index contributed by atoms with van der Waals surface area (Å²) in [6.07, 6.45) is 0. The molecule has 140 valence electrons. The van der Waals surface area contributed by atoms with E-state index in [2.05, 4.69) is 10.3 Å². The van der Waals surface area contributed by atoms with Crippen molar-refractivity contribution in [1.29, 1.82) is 0 Å². The molecule has 3 aromatic rings. The van der Waals surface area contributed by atoms with Crippen LogP contribution in [0.5, 0.6) is 0 Å². The number of nitrogens with one attached hydrogen (secondary N) is 1. The van der Waals surface area contributed by atoms with Gasteiger partial charge >= 0.3 is 0 Å². The Balaban J connectivity index is 2.06. The number of nitrogens with zero attached hydrogens (tertiary/aromatic N) is 3. The summed E-state index contributed by atoms with van der Waals surface area (Å²) in [7, 11) is 0. The molecule has 2 aromatic carbocycles. The van der Waals surface area contributed by atoms with Gasteiger partial charge in [-0.1, -0.05) is 12.1 Å². The summed E-state index contributed by atoms with van der Waals surface area (Å²) in [4.78, 5) is 27.5. The van der Waals surface area contributed by atoms with Gasteiger partial charge in [-0.15, -0.1) is 0 Å². The first-order chi connectivity index (χ1) is 12.6. The Bertz CT molecular complexity index is 1070. The van der Waals surface area contributed by atoms with E-state index in [4.69, 9.17) is 0 Å². The van der Waals surface area contributed by atoms with Crippen LogP contribution in [0, 0.1) is 22.9 Å². The average molecular weight is 370 g/mol. The summed E-state index contributed by atoms with van der Waals surface area (Å²) in [6, 6.07) is 9.48. The molecule has 1 amide bonds. The molecule has 27 heavy (non-hydrogen) atoms. The first kappa shape index (κ1) is 18.5. The van der Waals surface area contributed by atoms with Gasteiger partial charge in [-0.3, -0.25) is 20.2 Å². The van der Waals surface area contributed by atoms with Crippen LogP contribution in [0.25, 0.3) is 11.0 Å². The summed E-state index contributed by atoms with van der Waals surface area (Å²) in [5.74, 6) is -1.19. The van der Waals surface area contributed by atoms with Crippen LogP contribution in [-0.2, 0) is 5.54 Å². The van der Waals surface area contributed by atoms with E-state index in [1.54, 1.807) is 0 Å². The van der Waals surface area contributed by atoms with Crippen molar-refractivity contribution in [1.82, 2.24) is 9.55 Å². The van der Waals surface area contributed by atoms with Crippen LogP contribution in [0.4, 0.5) is 16.0 Å². The van der Waals surface area contributed by atoms with Gasteiger partial charge in [0, 0.05) is 17.2 Å². The van der Waals surface area contributed by atoms with Crippen molar-refractivity contribution in [3.8, 4) is 0 Å². The van der Waals surface area contributed by atoms with E-state index in [0.29, 0.717) is 5.52 Å². The minimum absolute atomic E-state index is 0.113. The van der Waals surface area contributed by atoms with Crippen molar-refractivity contribution in [3.63, 3.8) is 0 Å². The maximum Gasteiger partial charge on any atom is 0.276 e. The second-order valence-electron chi connectivity index (χ2n) is 7.24. The van der Waals surface area contributed by atoms with E-state index >= 15 is 0 Å². The molecule has 0 bridgehead atoms. The van der Waals surface area contributed by atoms with Gasteiger partial charge in [0.05, 0.1) is 21.5 Å². The number of benzene rings is 2. The molecule has 0 spiro atoms. The second kappa shape index (κ2) is 6.46. The minimum Gasteiger partial charge on any atom is -0.305 e. The molecular formula is C19H19FN4O3. The van der Waals surface area contributed by atoms with E-state index < -0.39 is 22.3 Å². The lowest BCUT2D eigenvalue weighted by molar-refractivity contribution is -0.385. The van der Waals surface area contributed by atoms with Gasteiger partial charge in [0.2, 0.25) is 5.95 Å². The van der Waals surface area contributed by atoms with Gasteiger partial charge in [0.1, 0.15) is 5.82 Å². The molecule has 0 atom stereocenters. The highest BCUT2D eigenvalue weighted by molar-refractivity contribution is 6.04. The van der Waals surface area contributed by atoms with E-state index in [-0.39, 0.29) is 22.6 Å². The van der Waals surface area contributed by atoms with Crippen LogP contribution in [0.3, 0.4) is 0 Å². The first-order valence-corrected chi connectivity index (χ1v) is 8.33. The molecular weight excluding hydrogens is 351 g/mol. The number of hydrogen-bond donors (Lipinski definition) is 1. The fourth-order valence-electron chi connectivity index (χ4n) is 2.95. The predicted octanol–water partition coefficient (Wildman–Crippen LogP) is 4.40. The number of nitro benzene ring substituents is 1. The summed E-state index contributed by atoms with van der Waals surface area (Å²) in [5.41, 5.74) is 0.453. The van der Waals surface area contributed by atoms with Crippen molar-refractivity contribution in [2.45, 2.75) is 33.2 Å².